The van der Waals surface area contributed by atoms with Gasteiger partial charge in [0, 0.05) is 13.6 Å². The highest BCUT2D eigenvalue weighted by atomic mass is 35.5. The number of nitrogens with two attached hydrogens (primary N) is 1. The van der Waals surface area contributed by atoms with E-state index in [1.165, 1.54) is 0 Å². The molecule has 110 valence electrons. The van der Waals surface area contributed by atoms with Gasteiger partial charge in [-0.1, -0.05) is 59.6 Å². The number of rotatable bonds is 4. The molecular weight excluding hydrogens is 307 g/mol. The van der Waals surface area contributed by atoms with Crippen molar-refractivity contribution >= 4 is 29.1 Å². The first kappa shape index (κ1) is 15.8. The van der Waals surface area contributed by atoms with Crippen molar-refractivity contribution < 1.29 is 4.79 Å². The predicted molar refractivity (Wildman–Crippen MR) is 86.3 cm³/mol. The van der Waals surface area contributed by atoms with Crippen LogP contribution in [0.2, 0.25) is 10.0 Å². The van der Waals surface area contributed by atoms with Gasteiger partial charge in [0.25, 0.3) is 0 Å². The van der Waals surface area contributed by atoms with Crippen LogP contribution in [0.5, 0.6) is 0 Å². The Kier molecular flexibility index (Phi) is 5.23. The van der Waals surface area contributed by atoms with E-state index in [4.69, 9.17) is 28.9 Å². The summed E-state index contributed by atoms with van der Waals surface area (Å²) in [7, 11) is 1.72. The summed E-state index contributed by atoms with van der Waals surface area (Å²) in [6.45, 7) is 0.427. The van der Waals surface area contributed by atoms with Gasteiger partial charge in [-0.2, -0.15) is 0 Å². The number of amides is 1. The zero-order valence-electron chi connectivity index (χ0n) is 11.6. The molecule has 2 N–H and O–H groups in total. The van der Waals surface area contributed by atoms with Crippen LogP contribution in [-0.2, 0) is 11.3 Å². The lowest BCUT2D eigenvalue weighted by atomic mass is 10.1. The summed E-state index contributed by atoms with van der Waals surface area (Å²) in [5.74, 6) is -0.146. The third-order valence-electron chi connectivity index (χ3n) is 3.20. The van der Waals surface area contributed by atoms with Crippen molar-refractivity contribution in [2.45, 2.75) is 12.6 Å². The van der Waals surface area contributed by atoms with Gasteiger partial charge in [-0.15, -0.1) is 0 Å². The highest BCUT2D eigenvalue weighted by molar-refractivity contribution is 6.42. The fourth-order valence-electron chi connectivity index (χ4n) is 2.03. The summed E-state index contributed by atoms with van der Waals surface area (Å²) < 4.78 is 0. The number of carbonyl (C=O) groups is 1. The number of carbonyl (C=O) groups excluding carboxylic acids is 1. The number of halogens is 2. The fraction of sp³-hybridized carbons (Fsp3) is 0.188. The summed E-state index contributed by atoms with van der Waals surface area (Å²) in [4.78, 5) is 13.9. The van der Waals surface area contributed by atoms with E-state index in [0.717, 1.165) is 11.1 Å². The first-order valence-corrected chi connectivity index (χ1v) is 7.24. The van der Waals surface area contributed by atoms with Crippen LogP contribution < -0.4 is 5.73 Å². The molecule has 1 amide bonds. The van der Waals surface area contributed by atoms with E-state index in [1.54, 1.807) is 24.1 Å². The van der Waals surface area contributed by atoms with Gasteiger partial charge in [0.05, 0.1) is 10.0 Å². The molecule has 0 fully saturated rings. The average molecular weight is 323 g/mol. The minimum atomic E-state index is -0.668. The standard InChI is InChI=1S/C16H16Cl2N2O/c1-20(10-11-7-8-13(17)14(18)9-11)16(21)15(19)12-5-3-2-4-6-12/h2-9,15H,10,19H2,1H3. The molecule has 0 saturated heterocycles. The maximum atomic E-state index is 12.3. The predicted octanol–water partition coefficient (Wildman–Crippen LogP) is 3.65. The van der Waals surface area contributed by atoms with Gasteiger partial charge in [-0.05, 0) is 23.3 Å². The molecule has 3 nitrogen and oxygen atoms in total. The molecule has 0 aliphatic carbocycles. The third kappa shape index (κ3) is 3.97. The number of hydrogen-bond donors (Lipinski definition) is 1. The Balaban J connectivity index is 2.07. The van der Waals surface area contributed by atoms with E-state index in [2.05, 4.69) is 0 Å². The number of likely N-dealkylation sites (N-methyl/N-ethyl adjacent to an activating group) is 1. The van der Waals surface area contributed by atoms with Crippen molar-refractivity contribution in [2.75, 3.05) is 7.05 Å². The SMILES string of the molecule is CN(Cc1ccc(Cl)c(Cl)c1)C(=O)C(N)c1ccccc1. The van der Waals surface area contributed by atoms with Gasteiger partial charge >= 0.3 is 0 Å². The van der Waals surface area contributed by atoms with E-state index in [1.807, 2.05) is 36.4 Å². The van der Waals surface area contributed by atoms with Gasteiger partial charge in [-0.3, -0.25) is 4.79 Å². The van der Waals surface area contributed by atoms with Gasteiger partial charge in [-0.25, -0.2) is 0 Å². The second-order valence-corrected chi connectivity index (χ2v) is 5.65. The molecule has 0 spiro atoms. The molecule has 2 rings (SSSR count). The quantitative estimate of drug-likeness (QED) is 0.933. The third-order valence-corrected chi connectivity index (χ3v) is 3.94. The molecule has 0 saturated carbocycles. The largest absolute Gasteiger partial charge is 0.340 e. The minimum Gasteiger partial charge on any atom is -0.340 e. The first-order valence-electron chi connectivity index (χ1n) is 6.48. The summed E-state index contributed by atoms with van der Waals surface area (Å²) in [5.41, 5.74) is 7.71. The van der Waals surface area contributed by atoms with E-state index < -0.39 is 6.04 Å². The van der Waals surface area contributed by atoms with Crippen molar-refractivity contribution in [1.29, 1.82) is 0 Å². The lowest BCUT2D eigenvalue weighted by molar-refractivity contribution is -0.131. The number of hydrogen-bond acceptors (Lipinski definition) is 2. The van der Waals surface area contributed by atoms with Gasteiger partial charge < -0.3 is 10.6 Å². The van der Waals surface area contributed by atoms with Crippen LogP contribution in [0.15, 0.2) is 48.5 Å². The van der Waals surface area contributed by atoms with Crippen molar-refractivity contribution in [3.05, 3.63) is 69.7 Å². The molecule has 2 aromatic carbocycles. The molecule has 1 atom stereocenters. The molecule has 0 bridgehead atoms. The molecule has 2 aromatic rings. The summed E-state index contributed by atoms with van der Waals surface area (Å²) >= 11 is 11.9. The first-order chi connectivity index (χ1) is 9.99. The molecule has 0 heterocycles. The van der Waals surface area contributed by atoms with Crippen molar-refractivity contribution in [1.82, 2.24) is 4.90 Å². The zero-order chi connectivity index (χ0) is 15.4. The van der Waals surface area contributed by atoms with Crippen molar-refractivity contribution in [2.24, 2.45) is 5.73 Å². The van der Waals surface area contributed by atoms with Crippen LogP contribution in [0, 0.1) is 0 Å². The smallest absolute Gasteiger partial charge is 0.244 e. The highest BCUT2D eigenvalue weighted by Crippen LogP contribution is 2.23. The monoisotopic (exact) mass is 322 g/mol. The summed E-state index contributed by atoms with van der Waals surface area (Å²) in [5, 5.41) is 0.970. The van der Waals surface area contributed by atoms with Crippen molar-refractivity contribution in [3.63, 3.8) is 0 Å². The van der Waals surface area contributed by atoms with Gasteiger partial charge in [0.15, 0.2) is 0 Å². The second-order valence-electron chi connectivity index (χ2n) is 4.83. The molecule has 0 radical (unpaired) electrons. The molecule has 0 aromatic heterocycles. The normalized spacial score (nSPS) is 12.0. The molecular formula is C16H16Cl2N2O. The summed E-state index contributed by atoms with van der Waals surface area (Å²) in [6, 6.07) is 13.9. The Morgan fingerprint density at radius 3 is 2.43 bits per heavy atom. The molecule has 5 heteroatoms. The zero-order valence-corrected chi connectivity index (χ0v) is 13.1. The van der Waals surface area contributed by atoms with Crippen LogP contribution in [0.3, 0.4) is 0 Å². The van der Waals surface area contributed by atoms with Crippen LogP contribution in [0.25, 0.3) is 0 Å². The Morgan fingerprint density at radius 1 is 1.14 bits per heavy atom. The molecule has 0 aliphatic rings. The second kappa shape index (κ2) is 6.94. The van der Waals surface area contributed by atoms with E-state index in [9.17, 15) is 4.79 Å². The van der Waals surface area contributed by atoms with E-state index in [-0.39, 0.29) is 5.91 Å². The Morgan fingerprint density at radius 2 is 1.81 bits per heavy atom. The minimum absolute atomic E-state index is 0.146. The average Bonchev–Trinajstić information content (AvgIpc) is 2.50. The summed E-state index contributed by atoms with van der Waals surface area (Å²) in [6.07, 6.45) is 0. The molecule has 0 aliphatic heterocycles. The van der Waals surface area contributed by atoms with Crippen LogP contribution in [-0.4, -0.2) is 17.9 Å². The highest BCUT2D eigenvalue weighted by Gasteiger charge is 2.19. The fourth-order valence-corrected chi connectivity index (χ4v) is 2.35. The number of nitrogens with zero attached hydrogens (tertiary/aromatic N) is 1. The maximum Gasteiger partial charge on any atom is 0.244 e. The Bertz CT molecular complexity index is 631. The topological polar surface area (TPSA) is 46.3 Å². The van der Waals surface area contributed by atoms with Crippen LogP contribution in [0.1, 0.15) is 17.2 Å². The van der Waals surface area contributed by atoms with Crippen molar-refractivity contribution in [3.8, 4) is 0 Å². The van der Waals surface area contributed by atoms with E-state index >= 15 is 0 Å². The Labute approximate surface area is 134 Å². The van der Waals surface area contributed by atoms with Gasteiger partial charge in [0.2, 0.25) is 5.91 Å². The lowest BCUT2D eigenvalue weighted by Crippen LogP contribution is -2.35. The van der Waals surface area contributed by atoms with Crippen LogP contribution in [0.4, 0.5) is 0 Å². The Hall–Kier alpha value is -1.55. The molecule has 1 unspecified atom stereocenters. The van der Waals surface area contributed by atoms with Crippen LogP contribution >= 0.6 is 23.2 Å². The number of benzene rings is 2. The lowest BCUT2D eigenvalue weighted by Gasteiger charge is -2.22. The maximum absolute atomic E-state index is 12.3. The van der Waals surface area contributed by atoms with E-state index in [0.29, 0.717) is 16.6 Å². The van der Waals surface area contributed by atoms with Gasteiger partial charge in [0.1, 0.15) is 6.04 Å². The molecule has 21 heavy (non-hydrogen) atoms.